The summed E-state index contributed by atoms with van der Waals surface area (Å²) in [7, 11) is 0. The number of rotatable bonds is 3. The highest BCUT2D eigenvalue weighted by atomic mass is 19.4. The second-order valence-corrected chi connectivity index (χ2v) is 4.14. The van der Waals surface area contributed by atoms with E-state index in [1.807, 2.05) is 6.92 Å². The maximum absolute atomic E-state index is 12.3. The number of ether oxygens (including phenoxy) is 1. The summed E-state index contributed by atoms with van der Waals surface area (Å²) in [6.07, 6.45) is -3.42. The van der Waals surface area contributed by atoms with Gasteiger partial charge in [0.25, 0.3) is 0 Å². The number of pyridine rings is 1. The van der Waals surface area contributed by atoms with Crippen LogP contribution in [0, 0.1) is 0 Å². The Morgan fingerprint density at radius 1 is 1.32 bits per heavy atom. The van der Waals surface area contributed by atoms with Gasteiger partial charge < -0.3 is 9.72 Å². The highest BCUT2D eigenvalue weighted by molar-refractivity contribution is 5.84. The van der Waals surface area contributed by atoms with E-state index in [0.717, 1.165) is 6.42 Å². The van der Waals surface area contributed by atoms with Crippen molar-refractivity contribution in [1.82, 2.24) is 4.98 Å². The third-order valence-corrected chi connectivity index (χ3v) is 2.63. The summed E-state index contributed by atoms with van der Waals surface area (Å²) in [6, 6.07) is 5.41. The molecular weight excluding hydrogens is 259 g/mol. The third-order valence-electron chi connectivity index (χ3n) is 2.63. The van der Waals surface area contributed by atoms with Gasteiger partial charge in [-0.1, -0.05) is 19.4 Å². The van der Waals surface area contributed by atoms with Crippen LogP contribution in [0.3, 0.4) is 0 Å². The molecule has 0 fully saturated rings. The zero-order valence-corrected chi connectivity index (χ0v) is 10.2. The molecule has 1 N–H and O–H groups in total. The lowest BCUT2D eigenvalue weighted by atomic mass is 10.1. The summed E-state index contributed by atoms with van der Waals surface area (Å²) in [5.74, 6) is -0.389. The van der Waals surface area contributed by atoms with Crippen LogP contribution in [0.15, 0.2) is 29.1 Å². The summed E-state index contributed by atoms with van der Waals surface area (Å²) in [5, 5.41) is 0.182. The molecule has 1 aromatic carbocycles. The SMILES string of the molecule is CCCc1cc(=O)c2cccc(OC(F)(F)F)c2[nH]1. The minimum Gasteiger partial charge on any atom is -0.404 e. The van der Waals surface area contributed by atoms with Gasteiger partial charge in [0.1, 0.15) is 0 Å². The van der Waals surface area contributed by atoms with Crippen molar-refractivity contribution in [3.05, 3.63) is 40.2 Å². The zero-order chi connectivity index (χ0) is 14.0. The van der Waals surface area contributed by atoms with E-state index >= 15 is 0 Å². The Hall–Kier alpha value is -1.98. The minimum absolute atomic E-state index is 0.0794. The van der Waals surface area contributed by atoms with Crippen molar-refractivity contribution >= 4 is 10.9 Å². The van der Waals surface area contributed by atoms with E-state index in [4.69, 9.17) is 0 Å². The van der Waals surface area contributed by atoms with Gasteiger partial charge in [0.05, 0.1) is 5.52 Å². The summed E-state index contributed by atoms with van der Waals surface area (Å²) in [4.78, 5) is 14.7. The van der Waals surface area contributed by atoms with E-state index < -0.39 is 6.36 Å². The highest BCUT2D eigenvalue weighted by Gasteiger charge is 2.32. The number of halogens is 3. The molecule has 2 rings (SSSR count). The number of aromatic nitrogens is 1. The number of aryl methyl sites for hydroxylation is 1. The Labute approximate surface area is 107 Å². The molecule has 0 aliphatic rings. The van der Waals surface area contributed by atoms with Gasteiger partial charge in [0.2, 0.25) is 0 Å². The van der Waals surface area contributed by atoms with Gasteiger partial charge >= 0.3 is 6.36 Å². The van der Waals surface area contributed by atoms with E-state index in [-0.39, 0.29) is 22.1 Å². The fourth-order valence-electron chi connectivity index (χ4n) is 1.91. The summed E-state index contributed by atoms with van der Waals surface area (Å²) in [6.45, 7) is 1.92. The first kappa shape index (κ1) is 13.5. The van der Waals surface area contributed by atoms with Crippen LogP contribution in [-0.4, -0.2) is 11.3 Å². The molecule has 2 aromatic rings. The van der Waals surface area contributed by atoms with Crippen LogP contribution in [0.2, 0.25) is 0 Å². The van der Waals surface area contributed by atoms with E-state index in [1.54, 1.807) is 0 Å². The second kappa shape index (κ2) is 4.95. The third kappa shape index (κ3) is 3.07. The van der Waals surface area contributed by atoms with Crippen molar-refractivity contribution in [2.24, 2.45) is 0 Å². The molecule has 102 valence electrons. The number of hydrogen-bond donors (Lipinski definition) is 1. The highest BCUT2D eigenvalue weighted by Crippen LogP contribution is 2.28. The molecule has 0 aliphatic carbocycles. The van der Waals surface area contributed by atoms with Crippen LogP contribution in [0.1, 0.15) is 19.0 Å². The van der Waals surface area contributed by atoms with E-state index in [2.05, 4.69) is 9.72 Å². The van der Waals surface area contributed by atoms with Gasteiger partial charge in [-0.25, -0.2) is 0 Å². The van der Waals surface area contributed by atoms with Crippen molar-refractivity contribution < 1.29 is 17.9 Å². The fraction of sp³-hybridized carbons (Fsp3) is 0.308. The number of H-pyrrole nitrogens is 1. The minimum atomic E-state index is -4.79. The van der Waals surface area contributed by atoms with E-state index in [9.17, 15) is 18.0 Å². The van der Waals surface area contributed by atoms with Crippen LogP contribution in [-0.2, 0) is 6.42 Å². The second-order valence-electron chi connectivity index (χ2n) is 4.14. The summed E-state index contributed by atoms with van der Waals surface area (Å²) in [5.41, 5.74) is 0.360. The lowest BCUT2D eigenvalue weighted by Gasteiger charge is -2.12. The number of para-hydroxylation sites is 1. The van der Waals surface area contributed by atoms with Crippen LogP contribution < -0.4 is 10.2 Å². The predicted octanol–water partition coefficient (Wildman–Crippen LogP) is 3.38. The number of fused-ring (bicyclic) bond motifs is 1. The monoisotopic (exact) mass is 271 g/mol. The normalized spacial score (nSPS) is 11.8. The topological polar surface area (TPSA) is 42.1 Å². The first-order valence-corrected chi connectivity index (χ1v) is 5.81. The Bertz CT molecular complexity index is 646. The number of hydrogen-bond acceptors (Lipinski definition) is 2. The fourth-order valence-corrected chi connectivity index (χ4v) is 1.91. The van der Waals surface area contributed by atoms with Crippen molar-refractivity contribution in [2.45, 2.75) is 26.1 Å². The first-order valence-electron chi connectivity index (χ1n) is 5.81. The van der Waals surface area contributed by atoms with Crippen molar-refractivity contribution in [3.8, 4) is 5.75 Å². The molecule has 0 saturated heterocycles. The van der Waals surface area contributed by atoms with Crippen LogP contribution in [0.4, 0.5) is 13.2 Å². The summed E-state index contributed by atoms with van der Waals surface area (Å²) < 4.78 is 40.8. The Morgan fingerprint density at radius 3 is 2.68 bits per heavy atom. The van der Waals surface area contributed by atoms with Crippen molar-refractivity contribution in [2.75, 3.05) is 0 Å². The van der Waals surface area contributed by atoms with Gasteiger partial charge in [-0.05, 0) is 18.6 Å². The van der Waals surface area contributed by atoms with Crippen LogP contribution >= 0.6 is 0 Å². The molecule has 0 unspecified atom stereocenters. The molecule has 0 atom stereocenters. The maximum Gasteiger partial charge on any atom is 0.573 e. The quantitative estimate of drug-likeness (QED) is 0.929. The molecule has 0 aliphatic heterocycles. The number of nitrogens with one attached hydrogen (secondary N) is 1. The van der Waals surface area contributed by atoms with E-state index in [0.29, 0.717) is 12.1 Å². The smallest absolute Gasteiger partial charge is 0.404 e. The van der Waals surface area contributed by atoms with Crippen molar-refractivity contribution in [1.29, 1.82) is 0 Å². The molecule has 0 amide bonds. The van der Waals surface area contributed by atoms with Crippen LogP contribution in [0.25, 0.3) is 10.9 Å². The van der Waals surface area contributed by atoms with Gasteiger partial charge in [0, 0.05) is 17.1 Å². The average molecular weight is 271 g/mol. The average Bonchev–Trinajstić information content (AvgIpc) is 2.29. The molecule has 19 heavy (non-hydrogen) atoms. The molecule has 0 saturated carbocycles. The standard InChI is InChI=1S/C13H12F3NO2/c1-2-4-8-7-10(18)9-5-3-6-11(12(9)17-8)19-13(14,15)16/h3,5-7H,2,4H2,1H3,(H,17,18). The zero-order valence-electron chi connectivity index (χ0n) is 10.2. The van der Waals surface area contributed by atoms with Crippen molar-refractivity contribution in [3.63, 3.8) is 0 Å². The molecule has 6 heteroatoms. The lowest BCUT2D eigenvalue weighted by molar-refractivity contribution is -0.274. The number of benzene rings is 1. The Kier molecular flexibility index (Phi) is 3.50. The van der Waals surface area contributed by atoms with Crippen LogP contribution in [0.5, 0.6) is 5.75 Å². The van der Waals surface area contributed by atoms with Gasteiger partial charge in [0.15, 0.2) is 11.2 Å². The number of aromatic amines is 1. The molecule has 1 aromatic heterocycles. The predicted molar refractivity (Wildman–Crippen MR) is 65.2 cm³/mol. The molecule has 0 spiro atoms. The summed E-state index contributed by atoms with van der Waals surface area (Å²) >= 11 is 0. The molecular formula is C13H12F3NO2. The largest absolute Gasteiger partial charge is 0.573 e. The Balaban J connectivity index is 2.62. The van der Waals surface area contributed by atoms with Gasteiger partial charge in [-0.2, -0.15) is 0 Å². The first-order chi connectivity index (χ1) is 8.90. The molecule has 1 heterocycles. The van der Waals surface area contributed by atoms with E-state index in [1.165, 1.54) is 24.3 Å². The van der Waals surface area contributed by atoms with Gasteiger partial charge in [-0.15, -0.1) is 13.2 Å². The molecule has 0 bridgehead atoms. The molecule has 3 nitrogen and oxygen atoms in total. The number of alkyl halides is 3. The Morgan fingerprint density at radius 2 is 2.05 bits per heavy atom. The maximum atomic E-state index is 12.3. The lowest BCUT2D eigenvalue weighted by Crippen LogP contribution is -2.18. The van der Waals surface area contributed by atoms with Gasteiger partial charge in [-0.3, -0.25) is 4.79 Å². The molecule has 0 radical (unpaired) electrons.